The molecule has 1 unspecified atom stereocenters. The number of rotatable bonds is 2. The molecule has 26 heavy (non-hydrogen) atoms. The lowest BCUT2D eigenvalue weighted by molar-refractivity contribution is -0.137. The van der Waals surface area contributed by atoms with Gasteiger partial charge < -0.3 is 15.2 Å². The molecule has 4 nitrogen and oxygen atoms in total. The maximum Gasteiger partial charge on any atom is 0.416 e. The number of hydrogen-bond acceptors (Lipinski definition) is 2. The molecule has 1 aliphatic heterocycles. The van der Waals surface area contributed by atoms with E-state index in [9.17, 15) is 18.0 Å². The second kappa shape index (κ2) is 6.23. The SMILES string of the molecule is CC1(C)COc2cc(-c3cccc(C(F)(F)F)c3)ccc2C1NC(=O)O. The highest BCUT2D eigenvalue weighted by atomic mass is 19.4. The Balaban J connectivity index is 2.01. The van der Waals surface area contributed by atoms with Crippen LogP contribution in [-0.4, -0.2) is 17.8 Å². The van der Waals surface area contributed by atoms with Crippen molar-refractivity contribution in [2.45, 2.75) is 26.1 Å². The minimum atomic E-state index is -4.42. The Morgan fingerprint density at radius 1 is 1.19 bits per heavy atom. The van der Waals surface area contributed by atoms with Gasteiger partial charge in [-0.2, -0.15) is 13.2 Å². The lowest BCUT2D eigenvalue weighted by Crippen LogP contribution is -2.43. The van der Waals surface area contributed by atoms with Crippen molar-refractivity contribution in [2.24, 2.45) is 5.41 Å². The highest BCUT2D eigenvalue weighted by Gasteiger charge is 2.38. The van der Waals surface area contributed by atoms with Crippen molar-refractivity contribution in [1.29, 1.82) is 0 Å². The Kier molecular flexibility index (Phi) is 4.34. The molecule has 2 aromatic carbocycles. The summed E-state index contributed by atoms with van der Waals surface area (Å²) in [6, 6.07) is 9.61. The van der Waals surface area contributed by atoms with Gasteiger partial charge in [0.2, 0.25) is 0 Å². The highest BCUT2D eigenvalue weighted by molar-refractivity contribution is 5.69. The Morgan fingerprint density at radius 2 is 1.88 bits per heavy atom. The first-order chi connectivity index (χ1) is 12.1. The maximum atomic E-state index is 12.9. The molecule has 0 radical (unpaired) electrons. The van der Waals surface area contributed by atoms with E-state index >= 15 is 0 Å². The second-order valence-corrected chi connectivity index (χ2v) is 6.99. The lowest BCUT2D eigenvalue weighted by atomic mass is 9.78. The average molecular weight is 365 g/mol. The first-order valence-electron chi connectivity index (χ1n) is 8.02. The van der Waals surface area contributed by atoms with Crippen LogP contribution in [0.4, 0.5) is 18.0 Å². The third-order valence-electron chi connectivity index (χ3n) is 4.50. The monoisotopic (exact) mass is 365 g/mol. The van der Waals surface area contributed by atoms with Crippen molar-refractivity contribution in [3.8, 4) is 16.9 Å². The van der Waals surface area contributed by atoms with Crippen LogP contribution in [0.5, 0.6) is 5.75 Å². The van der Waals surface area contributed by atoms with E-state index in [1.807, 2.05) is 13.8 Å². The minimum absolute atomic E-state index is 0.289. The summed E-state index contributed by atoms with van der Waals surface area (Å²) in [5, 5.41) is 11.6. The lowest BCUT2D eigenvalue weighted by Gasteiger charge is -2.39. The van der Waals surface area contributed by atoms with Crippen LogP contribution in [-0.2, 0) is 6.18 Å². The number of carbonyl (C=O) groups is 1. The summed E-state index contributed by atoms with van der Waals surface area (Å²) in [6.45, 7) is 4.06. The van der Waals surface area contributed by atoms with Gasteiger partial charge in [-0.05, 0) is 29.3 Å². The van der Waals surface area contributed by atoms with Crippen LogP contribution in [0, 0.1) is 5.41 Å². The molecule has 1 amide bonds. The number of carboxylic acid groups (broad SMARTS) is 1. The van der Waals surface area contributed by atoms with Crippen LogP contribution in [0.15, 0.2) is 42.5 Å². The molecule has 0 fully saturated rings. The topological polar surface area (TPSA) is 58.6 Å². The number of amides is 1. The molecule has 0 saturated heterocycles. The van der Waals surface area contributed by atoms with Crippen LogP contribution >= 0.6 is 0 Å². The fraction of sp³-hybridized carbons (Fsp3) is 0.316. The summed E-state index contributed by atoms with van der Waals surface area (Å²) < 4.78 is 44.5. The third-order valence-corrected chi connectivity index (χ3v) is 4.50. The smallest absolute Gasteiger partial charge is 0.416 e. The van der Waals surface area contributed by atoms with Crippen LogP contribution in [0.3, 0.4) is 0 Å². The fourth-order valence-corrected chi connectivity index (χ4v) is 3.12. The normalized spacial score (nSPS) is 18.6. The summed E-state index contributed by atoms with van der Waals surface area (Å²) in [6.07, 6.45) is -5.56. The first kappa shape index (κ1) is 18.1. The van der Waals surface area contributed by atoms with E-state index in [0.717, 1.165) is 12.1 Å². The molecule has 2 aromatic rings. The van der Waals surface area contributed by atoms with Gasteiger partial charge >= 0.3 is 12.3 Å². The van der Waals surface area contributed by atoms with Gasteiger partial charge in [0.1, 0.15) is 5.75 Å². The Hall–Kier alpha value is -2.70. The predicted molar refractivity (Wildman–Crippen MR) is 90.1 cm³/mol. The van der Waals surface area contributed by atoms with E-state index in [4.69, 9.17) is 9.84 Å². The Morgan fingerprint density at radius 3 is 2.54 bits per heavy atom. The average Bonchev–Trinajstić information content (AvgIpc) is 2.56. The van der Waals surface area contributed by atoms with E-state index in [0.29, 0.717) is 22.4 Å². The number of alkyl halides is 3. The van der Waals surface area contributed by atoms with E-state index in [-0.39, 0.29) is 6.61 Å². The molecule has 1 atom stereocenters. The summed E-state index contributed by atoms with van der Waals surface area (Å²) in [5.41, 5.74) is 0.477. The fourth-order valence-electron chi connectivity index (χ4n) is 3.12. The van der Waals surface area contributed by atoms with Gasteiger partial charge in [0.25, 0.3) is 0 Å². The van der Waals surface area contributed by atoms with Crippen molar-refractivity contribution >= 4 is 6.09 Å². The van der Waals surface area contributed by atoms with Gasteiger partial charge in [-0.3, -0.25) is 0 Å². The number of ether oxygens (including phenoxy) is 1. The van der Waals surface area contributed by atoms with E-state index in [2.05, 4.69) is 5.32 Å². The van der Waals surface area contributed by atoms with Crippen molar-refractivity contribution in [3.05, 3.63) is 53.6 Å². The van der Waals surface area contributed by atoms with E-state index in [1.165, 1.54) is 6.07 Å². The van der Waals surface area contributed by atoms with Crippen LogP contribution in [0.1, 0.15) is 31.0 Å². The molecule has 0 saturated carbocycles. The molecule has 0 aliphatic carbocycles. The standard InChI is InChI=1S/C19H18F3NO3/c1-18(2)10-26-15-9-12(6-7-14(15)16(18)23-17(24)25)11-4-3-5-13(8-11)19(20,21)22/h3-9,16,23H,10H2,1-2H3,(H,24,25). The van der Waals surface area contributed by atoms with Crippen molar-refractivity contribution < 1.29 is 27.8 Å². The summed E-state index contributed by atoms with van der Waals surface area (Å²) in [7, 11) is 0. The number of nitrogens with one attached hydrogen (secondary N) is 1. The van der Waals surface area contributed by atoms with Gasteiger partial charge in [0.15, 0.2) is 0 Å². The maximum absolute atomic E-state index is 12.9. The predicted octanol–water partition coefficient (Wildman–Crippen LogP) is 5.10. The molecule has 2 N–H and O–H groups in total. The van der Waals surface area contributed by atoms with E-state index in [1.54, 1.807) is 24.3 Å². The van der Waals surface area contributed by atoms with Crippen LogP contribution in [0.2, 0.25) is 0 Å². The van der Waals surface area contributed by atoms with Gasteiger partial charge in [-0.1, -0.05) is 38.1 Å². The quantitative estimate of drug-likeness (QED) is 0.778. The van der Waals surface area contributed by atoms with Gasteiger partial charge in [0.05, 0.1) is 18.2 Å². The molecule has 0 spiro atoms. The zero-order chi connectivity index (χ0) is 19.1. The molecule has 0 bridgehead atoms. The van der Waals surface area contributed by atoms with Crippen molar-refractivity contribution in [1.82, 2.24) is 5.32 Å². The van der Waals surface area contributed by atoms with Crippen LogP contribution in [0.25, 0.3) is 11.1 Å². The number of benzene rings is 2. The summed E-state index contributed by atoms with van der Waals surface area (Å²) in [4.78, 5) is 11.1. The summed E-state index contributed by atoms with van der Waals surface area (Å²) in [5.74, 6) is 0.470. The molecule has 7 heteroatoms. The van der Waals surface area contributed by atoms with Crippen molar-refractivity contribution in [3.63, 3.8) is 0 Å². The van der Waals surface area contributed by atoms with Gasteiger partial charge in [0, 0.05) is 11.0 Å². The van der Waals surface area contributed by atoms with Gasteiger partial charge in [-0.25, -0.2) is 4.79 Å². The zero-order valence-corrected chi connectivity index (χ0v) is 14.2. The summed E-state index contributed by atoms with van der Waals surface area (Å²) >= 11 is 0. The minimum Gasteiger partial charge on any atom is -0.493 e. The third kappa shape index (κ3) is 3.47. The Bertz CT molecular complexity index is 846. The number of fused-ring (bicyclic) bond motifs is 1. The van der Waals surface area contributed by atoms with Crippen molar-refractivity contribution in [2.75, 3.05) is 6.61 Å². The molecule has 1 heterocycles. The number of hydrogen-bond donors (Lipinski definition) is 2. The Labute approximate surface area is 148 Å². The molecular formula is C19H18F3NO3. The molecule has 3 rings (SSSR count). The molecule has 1 aliphatic rings. The largest absolute Gasteiger partial charge is 0.493 e. The molecule has 0 aromatic heterocycles. The highest BCUT2D eigenvalue weighted by Crippen LogP contribution is 2.44. The molecular weight excluding hydrogens is 347 g/mol. The number of halogens is 3. The zero-order valence-electron chi connectivity index (χ0n) is 14.2. The first-order valence-corrected chi connectivity index (χ1v) is 8.02. The van der Waals surface area contributed by atoms with Gasteiger partial charge in [-0.15, -0.1) is 0 Å². The second-order valence-electron chi connectivity index (χ2n) is 6.99. The van der Waals surface area contributed by atoms with E-state index < -0.39 is 29.3 Å². The van der Waals surface area contributed by atoms with Crippen LogP contribution < -0.4 is 10.1 Å². The molecule has 138 valence electrons.